The van der Waals surface area contributed by atoms with Crippen LogP contribution in [0.25, 0.3) is 0 Å². The van der Waals surface area contributed by atoms with Crippen LogP contribution in [0.1, 0.15) is 40.3 Å². The third kappa shape index (κ3) is 4.88. The van der Waals surface area contributed by atoms with E-state index < -0.39 is 0 Å². The van der Waals surface area contributed by atoms with Gasteiger partial charge in [-0.3, -0.25) is 0 Å². The fourth-order valence-corrected chi connectivity index (χ4v) is 0.622. The minimum Gasteiger partial charge on any atom is -0.250 e. The maximum atomic E-state index is 3.80. The predicted octanol–water partition coefficient (Wildman–Crippen LogP) is 2.66. The highest BCUT2D eigenvalue weighted by Crippen LogP contribution is 1.89. The van der Waals surface area contributed by atoms with E-state index in [1.165, 1.54) is 0 Å². The number of hydrogen-bond donors (Lipinski definition) is 0. The third-order valence-corrected chi connectivity index (χ3v) is 1.11. The van der Waals surface area contributed by atoms with Gasteiger partial charge in [0.05, 0.1) is 11.9 Å². The van der Waals surface area contributed by atoms with Crippen molar-refractivity contribution in [3.63, 3.8) is 0 Å². The molecule has 0 aliphatic heterocycles. The molecule has 3 nitrogen and oxygen atoms in total. The summed E-state index contributed by atoms with van der Waals surface area (Å²) in [5.41, 5.74) is 1.12. The summed E-state index contributed by atoms with van der Waals surface area (Å²) in [7, 11) is 0. The molecule has 1 heterocycles. The van der Waals surface area contributed by atoms with Crippen LogP contribution in [-0.4, -0.2) is 15.0 Å². The van der Waals surface area contributed by atoms with Gasteiger partial charge in [-0.05, 0) is 13.8 Å². The van der Waals surface area contributed by atoms with Crippen LogP contribution in [-0.2, 0) is 6.54 Å². The molecule has 0 aliphatic carbocycles. The molecular formula is C9H21N3. The standard InChI is InChI=1S/C5H9N3.2C2H6/c1-3-8-5(2)4-6-7-8;2*1-2/h4H,3H2,1-2H3;2*1-2H3. The lowest BCUT2D eigenvalue weighted by molar-refractivity contribution is 0.611. The highest BCUT2D eigenvalue weighted by atomic mass is 15.4. The molecule has 0 aromatic carbocycles. The maximum Gasteiger partial charge on any atom is 0.0722 e. The van der Waals surface area contributed by atoms with Crippen molar-refractivity contribution in [3.8, 4) is 0 Å². The fourth-order valence-electron chi connectivity index (χ4n) is 0.622. The Hall–Kier alpha value is -0.860. The molecule has 1 aromatic rings. The normalized spacial score (nSPS) is 7.50. The van der Waals surface area contributed by atoms with Crippen LogP contribution >= 0.6 is 0 Å². The highest BCUT2D eigenvalue weighted by molar-refractivity contribution is 4.87. The molecule has 0 unspecified atom stereocenters. The molecule has 0 aliphatic rings. The van der Waals surface area contributed by atoms with Crippen LogP contribution in [0.5, 0.6) is 0 Å². The first-order valence-electron chi connectivity index (χ1n) is 4.69. The van der Waals surface area contributed by atoms with Gasteiger partial charge in [-0.25, -0.2) is 4.68 Å². The van der Waals surface area contributed by atoms with E-state index in [-0.39, 0.29) is 0 Å². The predicted molar refractivity (Wildman–Crippen MR) is 53.1 cm³/mol. The molecule has 0 N–H and O–H groups in total. The molecule has 1 rings (SSSR count). The molecule has 0 radical (unpaired) electrons. The molecule has 72 valence electrons. The van der Waals surface area contributed by atoms with Crippen LogP contribution in [0.4, 0.5) is 0 Å². The van der Waals surface area contributed by atoms with Crippen molar-refractivity contribution < 1.29 is 0 Å². The fraction of sp³-hybridized carbons (Fsp3) is 0.778. The second-order valence-electron chi connectivity index (χ2n) is 1.69. The average Bonchev–Trinajstić information content (AvgIpc) is 2.58. The van der Waals surface area contributed by atoms with Gasteiger partial charge in [-0.15, -0.1) is 5.10 Å². The van der Waals surface area contributed by atoms with Crippen molar-refractivity contribution in [2.75, 3.05) is 0 Å². The van der Waals surface area contributed by atoms with E-state index in [9.17, 15) is 0 Å². The largest absolute Gasteiger partial charge is 0.250 e. The SMILES string of the molecule is CC.CC.CCn1nncc1C. The molecule has 0 fully saturated rings. The van der Waals surface area contributed by atoms with E-state index in [4.69, 9.17) is 0 Å². The lowest BCUT2D eigenvalue weighted by Gasteiger charge is -1.92. The lowest BCUT2D eigenvalue weighted by Crippen LogP contribution is -1.97. The smallest absolute Gasteiger partial charge is 0.0722 e. The number of nitrogens with zero attached hydrogens (tertiary/aromatic N) is 3. The number of hydrogen-bond acceptors (Lipinski definition) is 2. The molecule has 0 bridgehead atoms. The summed E-state index contributed by atoms with van der Waals surface area (Å²) in [5.74, 6) is 0. The van der Waals surface area contributed by atoms with Crippen LogP contribution in [0.15, 0.2) is 6.20 Å². The Labute approximate surface area is 75.8 Å². The van der Waals surface area contributed by atoms with Crippen molar-refractivity contribution in [2.24, 2.45) is 0 Å². The summed E-state index contributed by atoms with van der Waals surface area (Å²) >= 11 is 0. The van der Waals surface area contributed by atoms with Crippen LogP contribution in [0, 0.1) is 6.92 Å². The van der Waals surface area contributed by atoms with E-state index in [1.807, 2.05) is 46.2 Å². The number of rotatable bonds is 1. The molecular weight excluding hydrogens is 150 g/mol. The van der Waals surface area contributed by atoms with Gasteiger partial charge >= 0.3 is 0 Å². The van der Waals surface area contributed by atoms with Crippen molar-refractivity contribution in [2.45, 2.75) is 48.1 Å². The Kier molecular flexibility index (Phi) is 11.6. The molecule has 12 heavy (non-hydrogen) atoms. The first-order valence-corrected chi connectivity index (χ1v) is 4.69. The second kappa shape index (κ2) is 10.1. The Balaban J connectivity index is 0. The van der Waals surface area contributed by atoms with Gasteiger partial charge in [0, 0.05) is 6.54 Å². The monoisotopic (exact) mass is 171 g/mol. The summed E-state index contributed by atoms with van der Waals surface area (Å²) in [4.78, 5) is 0. The minimum atomic E-state index is 0.909. The summed E-state index contributed by atoms with van der Waals surface area (Å²) in [6.07, 6.45) is 1.75. The summed E-state index contributed by atoms with van der Waals surface area (Å²) in [6.45, 7) is 12.9. The van der Waals surface area contributed by atoms with Crippen molar-refractivity contribution in [1.82, 2.24) is 15.0 Å². The molecule has 0 amide bonds. The van der Waals surface area contributed by atoms with Crippen molar-refractivity contribution in [1.29, 1.82) is 0 Å². The number of aryl methyl sites for hydroxylation is 2. The zero-order chi connectivity index (χ0) is 9.98. The van der Waals surface area contributed by atoms with Crippen molar-refractivity contribution in [3.05, 3.63) is 11.9 Å². The Morgan fingerprint density at radius 1 is 1.25 bits per heavy atom. The number of aromatic nitrogens is 3. The molecule has 3 heteroatoms. The Bertz CT molecular complexity index is 170. The van der Waals surface area contributed by atoms with Gasteiger partial charge in [-0.1, -0.05) is 32.9 Å². The van der Waals surface area contributed by atoms with Gasteiger partial charge in [0.2, 0.25) is 0 Å². The quantitative estimate of drug-likeness (QED) is 0.650. The highest BCUT2D eigenvalue weighted by Gasteiger charge is 1.90. The first kappa shape index (κ1) is 13.7. The zero-order valence-electron chi connectivity index (χ0n) is 9.13. The summed E-state index contributed by atoms with van der Waals surface area (Å²) < 4.78 is 1.85. The summed E-state index contributed by atoms with van der Waals surface area (Å²) in [5, 5.41) is 7.51. The van der Waals surface area contributed by atoms with E-state index in [2.05, 4.69) is 10.3 Å². The van der Waals surface area contributed by atoms with Gasteiger partial charge in [0.15, 0.2) is 0 Å². The van der Waals surface area contributed by atoms with Gasteiger partial charge in [0.25, 0.3) is 0 Å². The van der Waals surface area contributed by atoms with Gasteiger partial charge in [-0.2, -0.15) is 0 Å². The van der Waals surface area contributed by atoms with Crippen LogP contribution in [0.3, 0.4) is 0 Å². The topological polar surface area (TPSA) is 30.7 Å². The lowest BCUT2D eigenvalue weighted by atomic mass is 10.5. The van der Waals surface area contributed by atoms with Gasteiger partial charge < -0.3 is 0 Å². The van der Waals surface area contributed by atoms with E-state index in [0.717, 1.165) is 12.2 Å². The van der Waals surface area contributed by atoms with Crippen molar-refractivity contribution >= 4 is 0 Å². The second-order valence-corrected chi connectivity index (χ2v) is 1.69. The summed E-state index contributed by atoms with van der Waals surface area (Å²) in [6, 6.07) is 0. The maximum absolute atomic E-state index is 3.80. The van der Waals surface area contributed by atoms with E-state index in [0.29, 0.717) is 0 Å². The third-order valence-electron chi connectivity index (χ3n) is 1.11. The van der Waals surface area contributed by atoms with E-state index >= 15 is 0 Å². The zero-order valence-corrected chi connectivity index (χ0v) is 9.13. The molecule has 0 saturated carbocycles. The van der Waals surface area contributed by atoms with Crippen LogP contribution < -0.4 is 0 Å². The minimum absolute atomic E-state index is 0.909. The molecule has 0 atom stereocenters. The average molecular weight is 171 g/mol. The van der Waals surface area contributed by atoms with Crippen LogP contribution in [0.2, 0.25) is 0 Å². The first-order chi connectivity index (χ1) is 5.84. The Morgan fingerprint density at radius 3 is 1.92 bits per heavy atom. The molecule has 0 spiro atoms. The van der Waals surface area contributed by atoms with E-state index in [1.54, 1.807) is 6.20 Å². The molecule has 0 saturated heterocycles. The Morgan fingerprint density at radius 2 is 1.75 bits per heavy atom. The molecule has 1 aromatic heterocycles. The van der Waals surface area contributed by atoms with Gasteiger partial charge in [0.1, 0.15) is 0 Å².